The van der Waals surface area contributed by atoms with E-state index < -0.39 is 52.3 Å². The van der Waals surface area contributed by atoms with Crippen molar-refractivity contribution in [1.82, 2.24) is 4.90 Å². The molecule has 33 heavy (non-hydrogen) atoms. The van der Waals surface area contributed by atoms with E-state index >= 15 is 0 Å². The zero-order valence-corrected chi connectivity index (χ0v) is 17.4. The van der Waals surface area contributed by atoms with Crippen molar-refractivity contribution in [2.75, 3.05) is 18.8 Å². The standard InChI is InChI=1S/C24H20F6N2O/c25-16-9-18(27)21(11-17(16)26)33-15-3-1-13(2-4-15)12-32-7-5-14(6-8-32)22-19(28)10-20(29)24(31)23(22)30/h1-4,9-11,14H,5-8,12,31H2. The Labute approximate surface area is 186 Å². The predicted molar refractivity (Wildman–Crippen MR) is 111 cm³/mol. The second-order valence-corrected chi connectivity index (χ2v) is 7.97. The van der Waals surface area contributed by atoms with Gasteiger partial charge in [0.05, 0.1) is 0 Å². The van der Waals surface area contributed by atoms with Crippen molar-refractivity contribution in [2.45, 2.75) is 25.3 Å². The molecule has 0 spiro atoms. The van der Waals surface area contributed by atoms with Crippen molar-refractivity contribution < 1.29 is 31.1 Å². The summed E-state index contributed by atoms with van der Waals surface area (Å²) in [5.41, 5.74) is 5.46. The van der Waals surface area contributed by atoms with Crippen LogP contribution in [0.2, 0.25) is 0 Å². The number of rotatable bonds is 5. The van der Waals surface area contributed by atoms with Gasteiger partial charge < -0.3 is 10.5 Å². The summed E-state index contributed by atoms with van der Waals surface area (Å²) in [6, 6.07) is 8.34. The number of halogens is 6. The monoisotopic (exact) mass is 466 g/mol. The van der Waals surface area contributed by atoms with Crippen LogP contribution in [-0.2, 0) is 6.54 Å². The van der Waals surface area contributed by atoms with E-state index in [9.17, 15) is 26.3 Å². The van der Waals surface area contributed by atoms with Gasteiger partial charge in [-0.3, -0.25) is 4.90 Å². The largest absolute Gasteiger partial charge is 0.454 e. The number of anilines is 1. The SMILES string of the molecule is Nc1c(F)cc(F)c(C2CCN(Cc3ccc(Oc4cc(F)c(F)cc4F)cc3)CC2)c1F. The number of ether oxygens (including phenoxy) is 1. The Morgan fingerprint density at radius 1 is 0.788 bits per heavy atom. The number of hydrogen-bond acceptors (Lipinski definition) is 3. The van der Waals surface area contributed by atoms with Crippen LogP contribution in [-0.4, -0.2) is 18.0 Å². The van der Waals surface area contributed by atoms with E-state index in [1.165, 1.54) is 0 Å². The summed E-state index contributed by atoms with van der Waals surface area (Å²) in [5.74, 6) is -7.16. The highest BCUT2D eigenvalue weighted by Gasteiger charge is 2.28. The second kappa shape index (κ2) is 9.35. The molecule has 9 heteroatoms. The number of likely N-dealkylation sites (tertiary alicyclic amines) is 1. The van der Waals surface area contributed by atoms with E-state index in [1.54, 1.807) is 24.3 Å². The molecule has 1 heterocycles. The van der Waals surface area contributed by atoms with E-state index in [4.69, 9.17) is 10.5 Å². The normalized spacial score (nSPS) is 15.1. The summed E-state index contributed by atoms with van der Waals surface area (Å²) >= 11 is 0. The number of nitrogens with two attached hydrogens (primary N) is 1. The molecule has 1 aliphatic heterocycles. The van der Waals surface area contributed by atoms with E-state index in [2.05, 4.69) is 4.90 Å². The lowest BCUT2D eigenvalue weighted by molar-refractivity contribution is 0.201. The third kappa shape index (κ3) is 4.93. The maximum atomic E-state index is 14.3. The molecule has 1 saturated heterocycles. The lowest BCUT2D eigenvalue weighted by atomic mass is 9.88. The lowest BCUT2D eigenvalue weighted by Gasteiger charge is -2.32. The average Bonchev–Trinajstić information content (AvgIpc) is 2.78. The van der Waals surface area contributed by atoms with Crippen LogP contribution >= 0.6 is 0 Å². The van der Waals surface area contributed by atoms with Crippen molar-refractivity contribution in [2.24, 2.45) is 0 Å². The van der Waals surface area contributed by atoms with Gasteiger partial charge in [0, 0.05) is 30.3 Å². The number of benzene rings is 3. The van der Waals surface area contributed by atoms with Gasteiger partial charge in [-0.25, -0.2) is 26.3 Å². The van der Waals surface area contributed by atoms with Crippen LogP contribution in [0, 0.1) is 34.9 Å². The molecule has 0 amide bonds. The maximum Gasteiger partial charge on any atom is 0.168 e. The molecule has 3 nitrogen and oxygen atoms in total. The number of nitrogen functional groups attached to an aromatic ring is 1. The molecule has 0 atom stereocenters. The summed E-state index contributed by atoms with van der Waals surface area (Å²) in [5, 5.41) is 0. The van der Waals surface area contributed by atoms with Crippen LogP contribution in [0.5, 0.6) is 11.5 Å². The van der Waals surface area contributed by atoms with E-state index in [-0.39, 0.29) is 11.3 Å². The molecular weight excluding hydrogens is 446 g/mol. The Balaban J connectivity index is 1.36. The molecule has 0 bridgehead atoms. The minimum atomic E-state index is -1.30. The van der Waals surface area contributed by atoms with Crippen molar-refractivity contribution in [3.05, 3.63) is 88.5 Å². The molecule has 0 aliphatic carbocycles. The van der Waals surface area contributed by atoms with Gasteiger partial charge in [-0.2, -0.15) is 0 Å². The summed E-state index contributed by atoms with van der Waals surface area (Å²) in [7, 11) is 0. The molecular formula is C24H20F6N2O. The first kappa shape index (κ1) is 23.0. The van der Waals surface area contributed by atoms with Crippen LogP contribution in [0.15, 0.2) is 42.5 Å². The van der Waals surface area contributed by atoms with Gasteiger partial charge >= 0.3 is 0 Å². The van der Waals surface area contributed by atoms with E-state index in [0.717, 1.165) is 5.56 Å². The van der Waals surface area contributed by atoms with Gasteiger partial charge in [-0.15, -0.1) is 0 Å². The molecule has 3 aromatic rings. The number of hydrogen-bond donors (Lipinski definition) is 1. The summed E-state index contributed by atoms with van der Waals surface area (Å²) < 4.78 is 87.3. The van der Waals surface area contributed by atoms with Crippen LogP contribution in [0.3, 0.4) is 0 Å². The smallest absolute Gasteiger partial charge is 0.168 e. The molecule has 2 N–H and O–H groups in total. The predicted octanol–water partition coefficient (Wildman–Crippen LogP) is 6.28. The minimum absolute atomic E-state index is 0.167. The molecule has 3 aromatic carbocycles. The fourth-order valence-electron chi connectivity index (χ4n) is 4.01. The fraction of sp³-hybridized carbons (Fsp3) is 0.250. The van der Waals surface area contributed by atoms with Crippen LogP contribution in [0.4, 0.5) is 32.0 Å². The average molecular weight is 466 g/mol. The minimum Gasteiger partial charge on any atom is -0.454 e. The zero-order valence-electron chi connectivity index (χ0n) is 17.4. The molecule has 0 radical (unpaired) electrons. The first-order valence-corrected chi connectivity index (χ1v) is 10.3. The highest BCUT2D eigenvalue weighted by molar-refractivity contribution is 5.46. The number of nitrogens with zero attached hydrogens (tertiary/aromatic N) is 1. The first-order chi connectivity index (χ1) is 15.7. The lowest BCUT2D eigenvalue weighted by Crippen LogP contribution is -2.33. The molecule has 0 aromatic heterocycles. The quantitative estimate of drug-likeness (QED) is 0.274. The van der Waals surface area contributed by atoms with Crippen molar-refractivity contribution in [3.8, 4) is 11.5 Å². The topological polar surface area (TPSA) is 38.5 Å². The highest BCUT2D eigenvalue weighted by atomic mass is 19.2. The van der Waals surface area contributed by atoms with Gasteiger partial charge in [0.15, 0.2) is 34.8 Å². The molecule has 1 fully saturated rings. The Morgan fingerprint density at radius 3 is 2.06 bits per heavy atom. The van der Waals surface area contributed by atoms with E-state index in [0.29, 0.717) is 50.7 Å². The maximum absolute atomic E-state index is 14.3. The fourth-order valence-corrected chi connectivity index (χ4v) is 4.01. The highest BCUT2D eigenvalue weighted by Crippen LogP contribution is 2.35. The van der Waals surface area contributed by atoms with Crippen LogP contribution in [0.1, 0.15) is 29.9 Å². The van der Waals surface area contributed by atoms with Crippen molar-refractivity contribution >= 4 is 5.69 Å². The molecule has 4 rings (SSSR count). The Kier molecular flexibility index (Phi) is 6.51. The van der Waals surface area contributed by atoms with Gasteiger partial charge in [0.25, 0.3) is 0 Å². The van der Waals surface area contributed by atoms with Crippen LogP contribution < -0.4 is 10.5 Å². The Morgan fingerprint density at radius 2 is 1.39 bits per heavy atom. The second-order valence-electron chi connectivity index (χ2n) is 7.97. The molecule has 0 saturated carbocycles. The number of piperidine rings is 1. The third-order valence-corrected chi connectivity index (χ3v) is 5.77. The molecule has 1 aliphatic rings. The Bertz CT molecular complexity index is 1160. The van der Waals surface area contributed by atoms with Crippen LogP contribution in [0.25, 0.3) is 0 Å². The van der Waals surface area contributed by atoms with E-state index in [1.807, 2.05) is 0 Å². The van der Waals surface area contributed by atoms with Crippen molar-refractivity contribution in [3.63, 3.8) is 0 Å². The van der Waals surface area contributed by atoms with Crippen molar-refractivity contribution in [1.29, 1.82) is 0 Å². The molecule has 174 valence electrons. The summed E-state index contributed by atoms with van der Waals surface area (Å²) in [4.78, 5) is 2.10. The first-order valence-electron chi connectivity index (χ1n) is 10.3. The molecule has 0 unspecified atom stereocenters. The van der Waals surface area contributed by atoms with Gasteiger partial charge in [0.2, 0.25) is 0 Å². The van der Waals surface area contributed by atoms with Gasteiger partial charge in [-0.05, 0) is 49.5 Å². The summed E-state index contributed by atoms with van der Waals surface area (Å²) in [6.07, 6.45) is 0.963. The summed E-state index contributed by atoms with van der Waals surface area (Å²) in [6.45, 7) is 1.70. The third-order valence-electron chi connectivity index (χ3n) is 5.77. The Hall–Kier alpha value is -3.20. The van der Waals surface area contributed by atoms with Gasteiger partial charge in [0.1, 0.15) is 17.3 Å². The zero-order chi connectivity index (χ0) is 23.7. The van der Waals surface area contributed by atoms with Gasteiger partial charge in [-0.1, -0.05) is 12.1 Å².